The molecule has 0 aromatic heterocycles. The summed E-state index contributed by atoms with van der Waals surface area (Å²) in [5.74, 6) is 0.958. The van der Waals surface area contributed by atoms with Crippen LogP contribution in [0.25, 0.3) is 0 Å². The fourth-order valence-electron chi connectivity index (χ4n) is 2.01. The second-order valence-corrected chi connectivity index (χ2v) is 5.71. The third-order valence-corrected chi connectivity index (χ3v) is 3.45. The van der Waals surface area contributed by atoms with Crippen LogP contribution in [0.5, 0.6) is 5.75 Å². The van der Waals surface area contributed by atoms with Gasteiger partial charge in [-0.3, -0.25) is 0 Å². The van der Waals surface area contributed by atoms with Crippen molar-refractivity contribution in [3.8, 4) is 5.75 Å². The highest BCUT2D eigenvalue weighted by atomic mass is 79.9. The van der Waals surface area contributed by atoms with Crippen LogP contribution in [0.1, 0.15) is 24.5 Å². The standard InChI is InChI=1S/C16H26BrNO3/c1-4-18-12-14-11-15(17)10-13(2)16(14)21-9-8-20-7-5-6-19-3/h10-11,18H,4-9,12H2,1-3H3. The number of ether oxygens (including phenoxy) is 3. The van der Waals surface area contributed by atoms with Crippen LogP contribution >= 0.6 is 15.9 Å². The molecule has 0 fully saturated rings. The molecule has 4 nitrogen and oxygen atoms in total. The van der Waals surface area contributed by atoms with Crippen LogP contribution in [-0.4, -0.2) is 40.1 Å². The highest BCUT2D eigenvalue weighted by Crippen LogP contribution is 2.28. The van der Waals surface area contributed by atoms with Crippen LogP contribution in [-0.2, 0) is 16.0 Å². The number of halogens is 1. The van der Waals surface area contributed by atoms with E-state index in [1.54, 1.807) is 7.11 Å². The Kier molecular flexibility index (Phi) is 9.67. The van der Waals surface area contributed by atoms with Crippen LogP contribution in [0.15, 0.2) is 16.6 Å². The van der Waals surface area contributed by atoms with E-state index in [0.29, 0.717) is 19.8 Å². The highest BCUT2D eigenvalue weighted by Gasteiger charge is 2.08. The topological polar surface area (TPSA) is 39.7 Å². The molecule has 0 saturated carbocycles. The van der Waals surface area contributed by atoms with Crippen LogP contribution in [0.3, 0.4) is 0 Å². The van der Waals surface area contributed by atoms with Gasteiger partial charge in [-0.25, -0.2) is 0 Å². The Morgan fingerprint density at radius 2 is 1.95 bits per heavy atom. The first kappa shape index (κ1) is 18.4. The normalized spacial score (nSPS) is 10.9. The van der Waals surface area contributed by atoms with Crippen LogP contribution in [0, 0.1) is 6.92 Å². The lowest BCUT2D eigenvalue weighted by atomic mass is 10.1. The van der Waals surface area contributed by atoms with Crippen molar-refractivity contribution >= 4 is 15.9 Å². The number of methoxy groups -OCH3 is 1. The minimum atomic E-state index is 0.564. The second-order valence-electron chi connectivity index (χ2n) is 4.80. The molecule has 0 radical (unpaired) electrons. The number of aryl methyl sites for hydroxylation is 1. The molecule has 0 saturated heterocycles. The lowest BCUT2D eigenvalue weighted by Gasteiger charge is -2.15. The summed E-state index contributed by atoms with van der Waals surface area (Å²) in [4.78, 5) is 0. The zero-order chi connectivity index (χ0) is 15.5. The summed E-state index contributed by atoms with van der Waals surface area (Å²) in [6.45, 7) is 8.51. The average molecular weight is 360 g/mol. The first-order valence-electron chi connectivity index (χ1n) is 7.38. The van der Waals surface area contributed by atoms with Gasteiger partial charge >= 0.3 is 0 Å². The van der Waals surface area contributed by atoms with E-state index in [1.165, 1.54) is 5.56 Å². The Morgan fingerprint density at radius 3 is 2.67 bits per heavy atom. The molecule has 0 spiro atoms. The van der Waals surface area contributed by atoms with E-state index in [1.807, 2.05) is 0 Å². The number of hydrogen-bond donors (Lipinski definition) is 1. The van der Waals surface area contributed by atoms with Gasteiger partial charge in [0.15, 0.2) is 0 Å². The van der Waals surface area contributed by atoms with Crippen molar-refractivity contribution in [2.45, 2.75) is 26.8 Å². The van der Waals surface area contributed by atoms with Crippen LogP contribution < -0.4 is 10.1 Å². The van der Waals surface area contributed by atoms with Crippen molar-refractivity contribution in [3.05, 3.63) is 27.7 Å². The smallest absolute Gasteiger partial charge is 0.126 e. The van der Waals surface area contributed by atoms with Gasteiger partial charge in [0.05, 0.1) is 6.61 Å². The van der Waals surface area contributed by atoms with Gasteiger partial charge in [-0.15, -0.1) is 0 Å². The van der Waals surface area contributed by atoms with Gasteiger partial charge in [-0.05, 0) is 37.6 Å². The molecule has 1 rings (SSSR count). The van der Waals surface area contributed by atoms with Gasteiger partial charge in [0, 0.05) is 36.9 Å². The van der Waals surface area contributed by atoms with Gasteiger partial charge in [-0.1, -0.05) is 22.9 Å². The van der Waals surface area contributed by atoms with Crippen LogP contribution in [0.2, 0.25) is 0 Å². The summed E-state index contributed by atoms with van der Waals surface area (Å²) in [5, 5.41) is 3.34. The van der Waals surface area contributed by atoms with E-state index in [0.717, 1.165) is 41.9 Å². The van der Waals surface area contributed by atoms with Gasteiger partial charge in [0.25, 0.3) is 0 Å². The van der Waals surface area contributed by atoms with E-state index in [-0.39, 0.29) is 0 Å². The fourth-order valence-corrected chi connectivity index (χ4v) is 2.63. The number of benzene rings is 1. The predicted octanol–water partition coefficient (Wildman–Crippen LogP) is 3.30. The average Bonchev–Trinajstić information content (AvgIpc) is 2.46. The Labute approximate surface area is 136 Å². The lowest BCUT2D eigenvalue weighted by Crippen LogP contribution is -2.15. The molecule has 21 heavy (non-hydrogen) atoms. The summed E-state index contributed by atoms with van der Waals surface area (Å²) in [6, 6.07) is 4.18. The number of nitrogens with one attached hydrogen (secondary N) is 1. The van der Waals surface area contributed by atoms with Crippen molar-refractivity contribution in [1.82, 2.24) is 5.32 Å². The second kappa shape index (κ2) is 11.0. The van der Waals surface area contributed by atoms with Crippen LogP contribution in [0.4, 0.5) is 0 Å². The Morgan fingerprint density at radius 1 is 1.14 bits per heavy atom. The van der Waals surface area contributed by atoms with Gasteiger partial charge in [0.2, 0.25) is 0 Å². The monoisotopic (exact) mass is 359 g/mol. The Bertz CT molecular complexity index is 413. The molecular weight excluding hydrogens is 334 g/mol. The molecule has 0 heterocycles. The summed E-state index contributed by atoms with van der Waals surface area (Å²) in [5.41, 5.74) is 2.31. The van der Waals surface area contributed by atoms with Crippen molar-refractivity contribution in [3.63, 3.8) is 0 Å². The van der Waals surface area contributed by atoms with Crippen molar-refractivity contribution < 1.29 is 14.2 Å². The highest BCUT2D eigenvalue weighted by molar-refractivity contribution is 9.10. The Balaban J connectivity index is 2.45. The molecule has 1 aromatic carbocycles. The maximum Gasteiger partial charge on any atom is 0.126 e. The molecule has 1 N–H and O–H groups in total. The fraction of sp³-hybridized carbons (Fsp3) is 0.625. The van der Waals surface area contributed by atoms with Gasteiger partial charge < -0.3 is 19.5 Å². The quantitative estimate of drug-likeness (QED) is 0.615. The zero-order valence-corrected chi connectivity index (χ0v) is 14.8. The largest absolute Gasteiger partial charge is 0.491 e. The predicted molar refractivity (Wildman–Crippen MR) is 89.1 cm³/mol. The minimum Gasteiger partial charge on any atom is -0.491 e. The molecule has 0 aliphatic carbocycles. The third-order valence-electron chi connectivity index (χ3n) is 2.99. The first-order valence-corrected chi connectivity index (χ1v) is 8.17. The first-order chi connectivity index (χ1) is 10.2. The van der Waals surface area contributed by atoms with Gasteiger partial charge in [-0.2, -0.15) is 0 Å². The zero-order valence-electron chi connectivity index (χ0n) is 13.2. The minimum absolute atomic E-state index is 0.564. The molecule has 120 valence electrons. The van der Waals surface area contributed by atoms with E-state index in [2.05, 4.69) is 47.2 Å². The summed E-state index contributed by atoms with van der Waals surface area (Å²) < 4.78 is 17.5. The summed E-state index contributed by atoms with van der Waals surface area (Å²) in [7, 11) is 1.70. The molecule has 0 aliphatic rings. The molecule has 0 bridgehead atoms. The van der Waals surface area contributed by atoms with E-state index in [4.69, 9.17) is 14.2 Å². The van der Waals surface area contributed by atoms with Crippen molar-refractivity contribution in [2.24, 2.45) is 0 Å². The lowest BCUT2D eigenvalue weighted by molar-refractivity contribution is 0.0802. The maximum atomic E-state index is 5.91. The Hall–Kier alpha value is -0.620. The molecular formula is C16H26BrNO3. The molecule has 5 heteroatoms. The third kappa shape index (κ3) is 7.27. The van der Waals surface area contributed by atoms with E-state index in [9.17, 15) is 0 Å². The maximum absolute atomic E-state index is 5.91. The molecule has 0 atom stereocenters. The van der Waals surface area contributed by atoms with E-state index >= 15 is 0 Å². The van der Waals surface area contributed by atoms with E-state index < -0.39 is 0 Å². The van der Waals surface area contributed by atoms with Crippen molar-refractivity contribution in [2.75, 3.05) is 40.1 Å². The summed E-state index contributed by atoms with van der Waals surface area (Å²) in [6.07, 6.45) is 0.916. The molecule has 1 aromatic rings. The number of hydrogen-bond acceptors (Lipinski definition) is 4. The van der Waals surface area contributed by atoms with Gasteiger partial charge in [0.1, 0.15) is 12.4 Å². The molecule has 0 unspecified atom stereocenters. The SMILES string of the molecule is CCNCc1cc(Br)cc(C)c1OCCOCCCOC. The van der Waals surface area contributed by atoms with Crippen molar-refractivity contribution in [1.29, 1.82) is 0 Å². The molecule has 0 aliphatic heterocycles. The number of rotatable bonds is 11. The summed E-state index contributed by atoms with van der Waals surface area (Å²) >= 11 is 3.54. The molecule has 0 amide bonds.